The molecule has 3 aromatic heterocycles. The van der Waals surface area contributed by atoms with Crippen molar-refractivity contribution < 1.29 is 0 Å². The number of unbranched alkanes of at least 4 members (excludes halogenated alkanes) is 1. The monoisotopic (exact) mass is 385 g/mol. The quantitative estimate of drug-likeness (QED) is 0.287. The van der Waals surface area contributed by atoms with Crippen molar-refractivity contribution in [2.24, 2.45) is 5.92 Å². The highest BCUT2D eigenvalue weighted by Gasteiger charge is 2.23. The van der Waals surface area contributed by atoms with Crippen LogP contribution in [-0.2, 0) is 19.3 Å². The van der Waals surface area contributed by atoms with Crippen LogP contribution in [0.15, 0.2) is 11.4 Å². The Morgan fingerprint density at radius 1 is 1.15 bits per heavy atom. The highest BCUT2D eigenvalue weighted by molar-refractivity contribution is 7.99. The van der Waals surface area contributed by atoms with E-state index >= 15 is 0 Å². The molecule has 0 saturated heterocycles. The molecule has 0 spiro atoms. The fourth-order valence-electron chi connectivity index (χ4n) is 3.89. The molecule has 3 nitrogen and oxygen atoms in total. The predicted molar refractivity (Wildman–Crippen MR) is 114 cm³/mol. The van der Waals surface area contributed by atoms with Crippen LogP contribution in [0.3, 0.4) is 0 Å². The molecule has 0 atom stereocenters. The summed E-state index contributed by atoms with van der Waals surface area (Å²) in [6, 6.07) is 0. The van der Waals surface area contributed by atoms with Crippen LogP contribution in [0.4, 0.5) is 0 Å². The van der Waals surface area contributed by atoms with E-state index in [1.165, 1.54) is 70.3 Å². The molecule has 0 saturated carbocycles. The van der Waals surface area contributed by atoms with Crippen LogP contribution < -0.4 is 0 Å². The highest BCUT2D eigenvalue weighted by atomic mass is 32.2. The summed E-state index contributed by atoms with van der Waals surface area (Å²) >= 11 is 3.68. The SMILES string of the molecule is CCCCSc1ncnc2c1sc1nc(CC(C)C)c3c(c12)CCCC3. The molecule has 138 valence electrons. The van der Waals surface area contributed by atoms with E-state index in [-0.39, 0.29) is 0 Å². The maximum Gasteiger partial charge on any atom is 0.126 e. The number of aryl methyl sites for hydroxylation is 1. The lowest BCUT2D eigenvalue weighted by molar-refractivity contribution is 0.615. The second-order valence-corrected chi connectivity index (χ2v) is 9.74. The molecule has 0 bridgehead atoms. The Morgan fingerprint density at radius 3 is 2.73 bits per heavy atom. The van der Waals surface area contributed by atoms with Gasteiger partial charge in [0, 0.05) is 11.1 Å². The first-order valence-electron chi connectivity index (χ1n) is 9.89. The Morgan fingerprint density at radius 2 is 1.96 bits per heavy atom. The lowest BCUT2D eigenvalue weighted by Gasteiger charge is -2.20. The number of thiophene rings is 1. The van der Waals surface area contributed by atoms with Gasteiger partial charge in [0.1, 0.15) is 16.2 Å². The van der Waals surface area contributed by atoms with Gasteiger partial charge >= 0.3 is 0 Å². The second kappa shape index (κ2) is 7.81. The number of fused-ring (bicyclic) bond motifs is 5. The van der Waals surface area contributed by atoms with Gasteiger partial charge in [-0.1, -0.05) is 27.2 Å². The fourth-order valence-corrected chi connectivity index (χ4v) is 6.23. The van der Waals surface area contributed by atoms with Crippen molar-refractivity contribution in [3.8, 4) is 0 Å². The summed E-state index contributed by atoms with van der Waals surface area (Å²) in [5, 5.41) is 2.47. The summed E-state index contributed by atoms with van der Waals surface area (Å²) < 4.78 is 1.24. The first-order valence-corrected chi connectivity index (χ1v) is 11.7. The fraction of sp³-hybridized carbons (Fsp3) is 0.571. The van der Waals surface area contributed by atoms with Crippen molar-refractivity contribution in [2.45, 2.75) is 70.7 Å². The van der Waals surface area contributed by atoms with Gasteiger partial charge in [0.25, 0.3) is 0 Å². The van der Waals surface area contributed by atoms with Gasteiger partial charge in [0.2, 0.25) is 0 Å². The molecule has 0 N–H and O–H groups in total. The highest BCUT2D eigenvalue weighted by Crippen LogP contribution is 2.41. The van der Waals surface area contributed by atoms with E-state index in [9.17, 15) is 0 Å². The second-order valence-electron chi connectivity index (χ2n) is 7.66. The topological polar surface area (TPSA) is 38.7 Å². The molecule has 0 fully saturated rings. The van der Waals surface area contributed by atoms with E-state index in [0.29, 0.717) is 5.92 Å². The Balaban J connectivity index is 1.90. The predicted octanol–water partition coefficient (Wildman–Crippen LogP) is 6.21. The van der Waals surface area contributed by atoms with Crippen LogP contribution in [0, 0.1) is 5.92 Å². The van der Waals surface area contributed by atoms with E-state index < -0.39 is 0 Å². The number of hydrogen-bond donors (Lipinski definition) is 0. The van der Waals surface area contributed by atoms with Gasteiger partial charge in [0.15, 0.2) is 0 Å². The van der Waals surface area contributed by atoms with Gasteiger partial charge in [-0.25, -0.2) is 15.0 Å². The lowest BCUT2D eigenvalue weighted by atomic mass is 9.87. The third kappa shape index (κ3) is 3.36. The van der Waals surface area contributed by atoms with Crippen LogP contribution in [-0.4, -0.2) is 20.7 Å². The summed E-state index contributed by atoms with van der Waals surface area (Å²) in [7, 11) is 0. The minimum atomic E-state index is 0.639. The van der Waals surface area contributed by atoms with E-state index in [4.69, 9.17) is 9.97 Å². The molecule has 5 heteroatoms. The smallest absolute Gasteiger partial charge is 0.126 e. The molecule has 3 heterocycles. The molecule has 0 aromatic carbocycles. The third-order valence-electron chi connectivity index (χ3n) is 5.11. The molecule has 0 aliphatic heterocycles. The lowest BCUT2D eigenvalue weighted by Crippen LogP contribution is -2.11. The van der Waals surface area contributed by atoms with E-state index in [1.54, 1.807) is 17.7 Å². The Bertz CT molecular complexity index is 930. The average Bonchev–Trinajstić information content (AvgIpc) is 3.01. The number of aromatic nitrogens is 3. The molecular weight excluding hydrogens is 358 g/mol. The zero-order chi connectivity index (χ0) is 18.1. The molecule has 0 amide bonds. The van der Waals surface area contributed by atoms with Gasteiger partial charge < -0.3 is 0 Å². The number of nitrogens with zero attached hydrogens (tertiary/aromatic N) is 3. The van der Waals surface area contributed by atoms with Crippen molar-refractivity contribution >= 4 is 43.5 Å². The van der Waals surface area contributed by atoms with Crippen molar-refractivity contribution in [1.82, 2.24) is 15.0 Å². The summed E-state index contributed by atoms with van der Waals surface area (Å²) in [4.78, 5) is 15.6. The molecule has 26 heavy (non-hydrogen) atoms. The summed E-state index contributed by atoms with van der Waals surface area (Å²) in [5.41, 5.74) is 5.53. The number of hydrogen-bond acceptors (Lipinski definition) is 5. The van der Waals surface area contributed by atoms with Crippen LogP contribution in [0.1, 0.15) is 63.3 Å². The van der Waals surface area contributed by atoms with Gasteiger partial charge in [-0.2, -0.15) is 0 Å². The summed E-state index contributed by atoms with van der Waals surface area (Å²) in [6.07, 6.45) is 10.2. The van der Waals surface area contributed by atoms with Crippen molar-refractivity contribution in [3.63, 3.8) is 0 Å². The summed E-state index contributed by atoms with van der Waals surface area (Å²) in [5.74, 6) is 1.77. The van der Waals surface area contributed by atoms with Crippen LogP contribution in [0.25, 0.3) is 20.4 Å². The van der Waals surface area contributed by atoms with Crippen molar-refractivity contribution in [2.75, 3.05) is 5.75 Å². The maximum absolute atomic E-state index is 5.14. The zero-order valence-corrected chi connectivity index (χ0v) is 17.6. The minimum absolute atomic E-state index is 0.639. The van der Waals surface area contributed by atoms with E-state index in [1.807, 2.05) is 11.8 Å². The van der Waals surface area contributed by atoms with E-state index in [2.05, 4.69) is 25.8 Å². The van der Waals surface area contributed by atoms with Gasteiger partial charge in [-0.3, -0.25) is 0 Å². The normalized spacial score (nSPS) is 14.5. The molecule has 1 aliphatic rings. The molecule has 4 rings (SSSR count). The minimum Gasteiger partial charge on any atom is -0.242 e. The standard InChI is InChI=1S/C21H27N3S2/c1-4-5-10-25-21-19-18(22-12-23-21)17-15-9-7-6-8-14(15)16(11-13(2)3)24-20(17)26-19/h12-13H,4-11H2,1-3H3. The van der Waals surface area contributed by atoms with Gasteiger partial charge in [0.05, 0.1) is 10.2 Å². The van der Waals surface area contributed by atoms with Crippen molar-refractivity contribution in [3.05, 3.63) is 23.1 Å². The Hall–Kier alpha value is -1.20. The van der Waals surface area contributed by atoms with Gasteiger partial charge in [-0.15, -0.1) is 23.1 Å². The molecule has 0 unspecified atom stereocenters. The first kappa shape index (κ1) is 18.2. The van der Waals surface area contributed by atoms with Crippen LogP contribution >= 0.6 is 23.1 Å². The maximum atomic E-state index is 5.14. The summed E-state index contributed by atoms with van der Waals surface area (Å²) in [6.45, 7) is 6.82. The number of thioether (sulfide) groups is 1. The molecule has 3 aromatic rings. The molecule has 1 aliphatic carbocycles. The molecular formula is C21H27N3S2. The van der Waals surface area contributed by atoms with E-state index in [0.717, 1.165) is 22.7 Å². The molecule has 0 radical (unpaired) electrons. The average molecular weight is 386 g/mol. The van der Waals surface area contributed by atoms with Crippen LogP contribution in [0.5, 0.6) is 0 Å². The Labute approximate surface area is 164 Å². The van der Waals surface area contributed by atoms with Gasteiger partial charge in [-0.05, 0) is 61.3 Å². The number of pyridine rings is 1. The number of rotatable bonds is 6. The zero-order valence-electron chi connectivity index (χ0n) is 16.0. The Kier molecular flexibility index (Phi) is 5.46. The largest absolute Gasteiger partial charge is 0.242 e. The third-order valence-corrected chi connectivity index (χ3v) is 7.40. The van der Waals surface area contributed by atoms with Crippen LogP contribution in [0.2, 0.25) is 0 Å². The first-order chi connectivity index (χ1) is 12.7. The van der Waals surface area contributed by atoms with Crippen molar-refractivity contribution in [1.29, 1.82) is 0 Å².